The minimum atomic E-state index is 0. The second-order valence-corrected chi connectivity index (χ2v) is 5.87. The maximum Gasteiger partial charge on any atom is 0.120 e. The van der Waals surface area contributed by atoms with Crippen LogP contribution in [0.2, 0.25) is 5.02 Å². The molecule has 0 fully saturated rings. The molecule has 3 rings (SSSR count). The summed E-state index contributed by atoms with van der Waals surface area (Å²) in [4.78, 5) is 4.60. The quantitative estimate of drug-likeness (QED) is 0.775. The lowest BCUT2D eigenvalue weighted by Gasteiger charge is -2.14. The van der Waals surface area contributed by atoms with Gasteiger partial charge in [0.2, 0.25) is 0 Å². The van der Waals surface area contributed by atoms with Crippen LogP contribution in [0.5, 0.6) is 5.75 Å². The molecule has 0 radical (unpaired) electrons. The number of hydrogen-bond acceptors (Lipinski definition) is 3. The predicted molar refractivity (Wildman–Crippen MR) is 97.1 cm³/mol. The van der Waals surface area contributed by atoms with Crippen LogP contribution < -0.4 is 22.5 Å². The number of aryl methyl sites for hydroxylation is 1. The molecular weight excluding hydrogens is 343 g/mol. The van der Waals surface area contributed by atoms with Gasteiger partial charge in [0, 0.05) is 27.5 Å². The van der Waals surface area contributed by atoms with Crippen LogP contribution in [0, 0.1) is 13.8 Å². The number of fused-ring (bicyclic) bond motifs is 1. The summed E-state index contributed by atoms with van der Waals surface area (Å²) >= 11 is 6.22. The van der Waals surface area contributed by atoms with Gasteiger partial charge in [-0.05, 0) is 62.7 Å². The first-order valence-corrected chi connectivity index (χ1v) is 8.02. The van der Waals surface area contributed by atoms with E-state index in [0.717, 1.165) is 44.3 Å². The molecule has 5 heteroatoms. The normalized spacial score (nSPS) is 10.3. The van der Waals surface area contributed by atoms with Crippen LogP contribution in [0.3, 0.4) is 0 Å². The molecule has 0 aliphatic heterocycles. The van der Waals surface area contributed by atoms with Crippen molar-refractivity contribution in [2.24, 2.45) is 0 Å². The van der Waals surface area contributed by atoms with Gasteiger partial charge in [-0.3, -0.25) is 4.98 Å². The van der Waals surface area contributed by atoms with Gasteiger partial charge in [0.05, 0.1) is 12.1 Å². The first-order chi connectivity index (χ1) is 11.1. The van der Waals surface area contributed by atoms with Gasteiger partial charge in [-0.2, -0.15) is 0 Å². The molecule has 1 N–H and O–H groups in total. The first-order valence-electron chi connectivity index (χ1n) is 7.65. The molecule has 3 aromatic rings. The number of rotatable bonds is 4. The van der Waals surface area contributed by atoms with Crippen molar-refractivity contribution < 1.29 is 17.1 Å². The summed E-state index contributed by atoms with van der Waals surface area (Å²) < 4.78 is 5.62. The third-order valence-electron chi connectivity index (χ3n) is 3.76. The van der Waals surface area contributed by atoms with E-state index in [2.05, 4.69) is 10.3 Å². The number of nitrogens with one attached hydrogen (secondary N) is 1. The fraction of sp³-hybridized carbons (Fsp3) is 0.211. The highest BCUT2D eigenvalue weighted by Gasteiger charge is 2.08. The van der Waals surface area contributed by atoms with Crippen LogP contribution in [0.25, 0.3) is 10.9 Å². The zero-order chi connectivity index (χ0) is 16.4. The highest BCUT2D eigenvalue weighted by atomic mass is 35.5. The van der Waals surface area contributed by atoms with Crippen molar-refractivity contribution in [1.29, 1.82) is 0 Å². The minimum Gasteiger partial charge on any atom is -1.00 e. The number of halogens is 2. The summed E-state index contributed by atoms with van der Waals surface area (Å²) in [6, 6.07) is 13.9. The van der Waals surface area contributed by atoms with Gasteiger partial charge in [-0.1, -0.05) is 17.7 Å². The van der Waals surface area contributed by atoms with Crippen molar-refractivity contribution in [3.63, 3.8) is 0 Å². The Balaban J connectivity index is 0.00000208. The van der Waals surface area contributed by atoms with E-state index < -0.39 is 0 Å². The molecule has 126 valence electrons. The Kier molecular flexibility index (Phi) is 5.92. The van der Waals surface area contributed by atoms with Crippen LogP contribution in [0.4, 0.5) is 11.4 Å². The molecule has 3 nitrogen and oxygen atoms in total. The number of nitrogens with zero attached hydrogens (tertiary/aromatic N) is 1. The lowest BCUT2D eigenvalue weighted by atomic mass is 10.1. The fourth-order valence-corrected chi connectivity index (χ4v) is 2.76. The number of aromatic nitrogens is 1. The zero-order valence-electron chi connectivity index (χ0n) is 13.9. The Labute approximate surface area is 153 Å². The minimum absolute atomic E-state index is 0. The molecule has 0 unspecified atom stereocenters. The molecule has 0 aliphatic carbocycles. The molecule has 0 saturated heterocycles. The Morgan fingerprint density at radius 1 is 1.08 bits per heavy atom. The molecular formula is C19H19Cl2N2O-. The molecule has 1 aromatic heterocycles. The van der Waals surface area contributed by atoms with Crippen LogP contribution in [0.15, 0.2) is 42.5 Å². The molecule has 0 atom stereocenters. The summed E-state index contributed by atoms with van der Waals surface area (Å²) in [5, 5.41) is 5.26. The summed E-state index contributed by atoms with van der Waals surface area (Å²) in [5.41, 5.74) is 4.92. The second kappa shape index (κ2) is 7.73. The van der Waals surface area contributed by atoms with E-state index in [1.807, 2.05) is 63.2 Å². The van der Waals surface area contributed by atoms with Crippen molar-refractivity contribution in [2.75, 3.05) is 11.9 Å². The fourth-order valence-electron chi connectivity index (χ4n) is 2.59. The Hall–Kier alpha value is -1.97. The number of benzene rings is 2. The summed E-state index contributed by atoms with van der Waals surface area (Å²) in [6.07, 6.45) is 0. The smallest absolute Gasteiger partial charge is 0.120 e. The number of ether oxygens (including phenoxy) is 1. The van der Waals surface area contributed by atoms with E-state index in [0.29, 0.717) is 6.61 Å². The van der Waals surface area contributed by atoms with Gasteiger partial charge in [0.1, 0.15) is 5.75 Å². The lowest BCUT2D eigenvalue weighted by molar-refractivity contribution is -0.00000528. The van der Waals surface area contributed by atoms with Crippen molar-refractivity contribution in [3.05, 3.63) is 58.7 Å². The molecule has 2 aromatic carbocycles. The number of anilines is 2. The summed E-state index contributed by atoms with van der Waals surface area (Å²) in [7, 11) is 0. The maximum atomic E-state index is 6.22. The Morgan fingerprint density at radius 2 is 1.88 bits per heavy atom. The summed E-state index contributed by atoms with van der Waals surface area (Å²) in [6.45, 7) is 6.62. The molecule has 1 heterocycles. The van der Waals surface area contributed by atoms with E-state index in [9.17, 15) is 0 Å². The van der Waals surface area contributed by atoms with Crippen LogP contribution in [-0.2, 0) is 0 Å². The molecule has 0 bridgehead atoms. The highest BCUT2D eigenvalue weighted by molar-refractivity contribution is 6.31. The van der Waals surface area contributed by atoms with Crippen molar-refractivity contribution in [1.82, 2.24) is 4.98 Å². The molecule has 0 saturated carbocycles. The van der Waals surface area contributed by atoms with Crippen LogP contribution in [0.1, 0.15) is 18.2 Å². The number of pyridine rings is 1. The van der Waals surface area contributed by atoms with E-state index in [1.165, 1.54) is 0 Å². The largest absolute Gasteiger partial charge is 1.00 e. The zero-order valence-corrected chi connectivity index (χ0v) is 15.4. The maximum absolute atomic E-state index is 6.22. The molecule has 0 aliphatic rings. The average Bonchev–Trinajstić information content (AvgIpc) is 2.52. The van der Waals surface area contributed by atoms with Gasteiger partial charge in [0.25, 0.3) is 0 Å². The van der Waals surface area contributed by atoms with Crippen molar-refractivity contribution in [2.45, 2.75) is 20.8 Å². The Morgan fingerprint density at radius 3 is 2.62 bits per heavy atom. The first kappa shape index (κ1) is 18.4. The standard InChI is InChI=1S/C19H19ClN2O.ClH/c1-4-23-14-8-9-18-15(11-14)19(10-12(2)21-18)22-17-7-5-6-16(20)13(17)3;/h5-11H,4H2,1-3H3,(H,21,22);1H/p-1. The average molecular weight is 362 g/mol. The highest BCUT2D eigenvalue weighted by Crippen LogP contribution is 2.32. The molecule has 0 spiro atoms. The second-order valence-electron chi connectivity index (χ2n) is 5.46. The third kappa shape index (κ3) is 3.74. The van der Waals surface area contributed by atoms with Crippen molar-refractivity contribution >= 4 is 33.9 Å². The Bertz CT molecular complexity index is 865. The topological polar surface area (TPSA) is 34.1 Å². The van der Waals surface area contributed by atoms with Gasteiger partial charge in [0.15, 0.2) is 0 Å². The van der Waals surface area contributed by atoms with Crippen LogP contribution in [-0.4, -0.2) is 11.6 Å². The number of hydrogen-bond donors (Lipinski definition) is 1. The SMILES string of the molecule is CCOc1ccc2nc(C)cc(Nc3cccc(Cl)c3C)c2c1.[Cl-]. The van der Waals surface area contributed by atoms with Gasteiger partial charge in [-0.25, -0.2) is 0 Å². The van der Waals surface area contributed by atoms with E-state index >= 15 is 0 Å². The van der Waals surface area contributed by atoms with Gasteiger partial charge < -0.3 is 22.5 Å². The monoisotopic (exact) mass is 361 g/mol. The van der Waals surface area contributed by atoms with Gasteiger partial charge >= 0.3 is 0 Å². The van der Waals surface area contributed by atoms with E-state index in [-0.39, 0.29) is 12.4 Å². The van der Waals surface area contributed by atoms with Crippen molar-refractivity contribution in [3.8, 4) is 5.75 Å². The van der Waals surface area contributed by atoms with Gasteiger partial charge in [-0.15, -0.1) is 0 Å². The predicted octanol–water partition coefficient (Wildman–Crippen LogP) is 2.65. The third-order valence-corrected chi connectivity index (χ3v) is 4.17. The summed E-state index contributed by atoms with van der Waals surface area (Å²) in [5.74, 6) is 0.844. The van der Waals surface area contributed by atoms with Crippen LogP contribution >= 0.6 is 11.6 Å². The van der Waals surface area contributed by atoms with E-state index in [1.54, 1.807) is 0 Å². The molecule has 24 heavy (non-hydrogen) atoms. The molecule has 0 amide bonds. The lowest BCUT2D eigenvalue weighted by Crippen LogP contribution is -3.00. The van der Waals surface area contributed by atoms with E-state index in [4.69, 9.17) is 16.3 Å².